The predicted octanol–water partition coefficient (Wildman–Crippen LogP) is 2.39. The number of hydrogen-bond acceptors (Lipinski definition) is 3. The Labute approximate surface area is 115 Å². The van der Waals surface area contributed by atoms with Crippen LogP contribution in [0.2, 0.25) is 0 Å². The number of nitrogens with one attached hydrogen (secondary N) is 1. The van der Waals surface area contributed by atoms with Crippen LogP contribution in [0, 0.1) is 11.7 Å². The first-order valence-corrected chi connectivity index (χ1v) is 6.96. The molecule has 0 bridgehead atoms. The first-order chi connectivity index (χ1) is 8.70. The molecular weight excluding hydrogens is 299 g/mol. The molecule has 0 amide bonds. The largest absolute Gasteiger partial charge is 0.381 e. The van der Waals surface area contributed by atoms with E-state index in [-0.39, 0.29) is 11.9 Å². The van der Waals surface area contributed by atoms with Gasteiger partial charge in [0.2, 0.25) is 0 Å². The summed E-state index contributed by atoms with van der Waals surface area (Å²) in [6.45, 7) is 1.65. The molecule has 100 valence electrons. The zero-order chi connectivity index (χ0) is 13.0. The van der Waals surface area contributed by atoms with Crippen LogP contribution in [0.1, 0.15) is 18.4 Å². The third-order valence-corrected chi connectivity index (χ3v) is 4.26. The maximum Gasteiger partial charge on any atom is 0.137 e. The summed E-state index contributed by atoms with van der Waals surface area (Å²) in [6, 6.07) is 5.24. The quantitative estimate of drug-likeness (QED) is 0.647. The van der Waals surface area contributed by atoms with Crippen molar-refractivity contribution in [1.29, 1.82) is 0 Å². The van der Waals surface area contributed by atoms with Gasteiger partial charge in [-0.3, -0.25) is 11.3 Å². The highest BCUT2D eigenvalue weighted by Gasteiger charge is 2.21. The lowest BCUT2D eigenvalue weighted by atomic mass is 9.95. The molecule has 0 saturated carbocycles. The average molecular weight is 317 g/mol. The van der Waals surface area contributed by atoms with Crippen LogP contribution in [-0.2, 0) is 11.2 Å². The van der Waals surface area contributed by atoms with Crippen LogP contribution in [0.5, 0.6) is 0 Å². The minimum atomic E-state index is -0.229. The summed E-state index contributed by atoms with van der Waals surface area (Å²) in [5.74, 6) is 5.91. The molecule has 1 aromatic carbocycles. The van der Waals surface area contributed by atoms with Crippen LogP contribution < -0.4 is 11.3 Å². The first-order valence-electron chi connectivity index (χ1n) is 6.17. The van der Waals surface area contributed by atoms with E-state index >= 15 is 0 Å². The maximum absolute atomic E-state index is 13.4. The molecule has 2 atom stereocenters. The summed E-state index contributed by atoms with van der Waals surface area (Å²) in [5.41, 5.74) is 3.77. The van der Waals surface area contributed by atoms with E-state index < -0.39 is 0 Å². The van der Waals surface area contributed by atoms with E-state index in [2.05, 4.69) is 21.4 Å². The molecule has 5 heteroatoms. The Morgan fingerprint density at radius 2 is 2.39 bits per heavy atom. The molecule has 0 aromatic heterocycles. The van der Waals surface area contributed by atoms with Crippen LogP contribution in [0.15, 0.2) is 22.7 Å². The minimum Gasteiger partial charge on any atom is -0.381 e. The molecule has 18 heavy (non-hydrogen) atoms. The van der Waals surface area contributed by atoms with Crippen molar-refractivity contribution < 1.29 is 9.13 Å². The van der Waals surface area contributed by atoms with Crippen molar-refractivity contribution in [3.63, 3.8) is 0 Å². The fourth-order valence-corrected chi connectivity index (χ4v) is 2.78. The molecule has 1 aliphatic rings. The molecule has 1 aromatic rings. The van der Waals surface area contributed by atoms with Gasteiger partial charge in [0.15, 0.2) is 0 Å². The zero-order valence-corrected chi connectivity index (χ0v) is 11.7. The van der Waals surface area contributed by atoms with E-state index in [1.165, 1.54) is 6.07 Å². The van der Waals surface area contributed by atoms with E-state index in [1.54, 1.807) is 6.07 Å². The van der Waals surface area contributed by atoms with Gasteiger partial charge in [0.1, 0.15) is 5.82 Å². The molecule has 3 nitrogen and oxygen atoms in total. The van der Waals surface area contributed by atoms with E-state index in [9.17, 15) is 4.39 Å². The zero-order valence-electron chi connectivity index (χ0n) is 10.2. The Morgan fingerprint density at radius 1 is 1.56 bits per heavy atom. The van der Waals surface area contributed by atoms with Gasteiger partial charge >= 0.3 is 0 Å². The van der Waals surface area contributed by atoms with Gasteiger partial charge in [0, 0.05) is 19.3 Å². The summed E-state index contributed by atoms with van der Waals surface area (Å²) in [5, 5.41) is 0. The Kier molecular flexibility index (Phi) is 5.12. The van der Waals surface area contributed by atoms with Crippen LogP contribution in [0.4, 0.5) is 4.39 Å². The lowest BCUT2D eigenvalue weighted by molar-refractivity contribution is 0.181. The number of hydrazine groups is 1. The summed E-state index contributed by atoms with van der Waals surface area (Å²) in [4.78, 5) is 0. The Balaban J connectivity index is 1.98. The summed E-state index contributed by atoms with van der Waals surface area (Å²) in [6.07, 6.45) is 2.76. The number of rotatable bonds is 5. The van der Waals surface area contributed by atoms with Crippen molar-refractivity contribution in [3.05, 3.63) is 34.1 Å². The van der Waals surface area contributed by atoms with Gasteiger partial charge in [0.05, 0.1) is 4.47 Å². The van der Waals surface area contributed by atoms with E-state index in [1.807, 2.05) is 6.07 Å². The van der Waals surface area contributed by atoms with Gasteiger partial charge < -0.3 is 4.74 Å². The molecule has 2 rings (SSSR count). The fraction of sp³-hybridized carbons (Fsp3) is 0.538. The van der Waals surface area contributed by atoms with E-state index in [0.29, 0.717) is 16.8 Å². The molecule has 3 N–H and O–H groups in total. The lowest BCUT2D eigenvalue weighted by Gasteiger charge is -2.19. The summed E-state index contributed by atoms with van der Waals surface area (Å²) in [7, 11) is 0. The van der Waals surface area contributed by atoms with Crippen LogP contribution in [0.3, 0.4) is 0 Å². The van der Waals surface area contributed by atoms with Crippen LogP contribution in [0.25, 0.3) is 0 Å². The van der Waals surface area contributed by atoms with Gasteiger partial charge in [0.25, 0.3) is 0 Å². The predicted molar refractivity (Wildman–Crippen MR) is 72.5 cm³/mol. The van der Waals surface area contributed by atoms with Gasteiger partial charge in [-0.2, -0.15) is 0 Å². The SMILES string of the molecule is NNC(Cc1cccc(F)c1Br)CC1CCOC1. The van der Waals surface area contributed by atoms with E-state index in [4.69, 9.17) is 10.6 Å². The molecule has 1 aliphatic heterocycles. The van der Waals surface area contributed by atoms with E-state index in [0.717, 1.165) is 31.6 Å². The number of nitrogens with two attached hydrogens (primary N) is 1. The Hall–Kier alpha value is -0.490. The molecule has 0 spiro atoms. The molecular formula is C13H18BrFN2O. The van der Waals surface area contributed by atoms with Crippen LogP contribution >= 0.6 is 15.9 Å². The third kappa shape index (κ3) is 3.51. The molecule has 1 fully saturated rings. The highest BCUT2D eigenvalue weighted by molar-refractivity contribution is 9.10. The Morgan fingerprint density at radius 3 is 3.06 bits per heavy atom. The minimum absolute atomic E-state index is 0.148. The van der Waals surface area contributed by atoms with Crippen molar-refractivity contribution in [1.82, 2.24) is 5.43 Å². The van der Waals surface area contributed by atoms with Crippen LogP contribution in [-0.4, -0.2) is 19.3 Å². The second kappa shape index (κ2) is 6.61. The van der Waals surface area contributed by atoms with Crippen molar-refractivity contribution in [2.75, 3.05) is 13.2 Å². The van der Waals surface area contributed by atoms with Crippen molar-refractivity contribution in [3.8, 4) is 0 Å². The second-order valence-corrected chi connectivity index (χ2v) is 5.54. The fourth-order valence-electron chi connectivity index (χ4n) is 2.35. The topological polar surface area (TPSA) is 47.3 Å². The average Bonchev–Trinajstić information content (AvgIpc) is 2.86. The first kappa shape index (κ1) is 13.9. The standard InChI is InChI=1S/C13H18BrFN2O/c14-13-10(2-1-3-12(13)15)7-11(17-16)6-9-4-5-18-8-9/h1-3,9,11,17H,4-8,16H2. The highest BCUT2D eigenvalue weighted by atomic mass is 79.9. The molecule has 1 saturated heterocycles. The number of hydrogen-bond donors (Lipinski definition) is 2. The number of halogens is 2. The summed E-state index contributed by atoms with van der Waals surface area (Å²) < 4.78 is 19.3. The number of benzene rings is 1. The second-order valence-electron chi connectivity index (χ2n) is 4.75. The maximum atomic E-state index is 13.4. The normalized spacial score (nSPS) is 21.2. The van der Waals surface area contributed by atoms with Crippen molar-refractivity contribution in [2.45, 2.75) is 25.3 Å². The smallest absolute Gasteiger partial charge is 0.137 e. The Bertz CT molecular complexity index is 397. The summed E-state index contributed by atoms with van der Waals surface area (Å²) >= 11 is 3.28. The lowest BCUT2D eigenvalue weighted by Crippen LogP contribution is -2.38. The number of ether oxygens (including phenoxy) is 1. The third-order valence-electron chi connectivity index (χ3n) is 3.38. The highest BCUT2D eigenvalue weighted by Crippen LogP contribution is 2.24. The molecule has 0 radical (unpaired) electrons. The molecule has 0 aliphatic carbocycles. The van der Waals surface area contributed by atoms with Crippen molar-refractivity contribution >= 4 is 15.9 Å². The van der Waals surface area contributed by atoms with Crippen molar-refractivity contribution in [2.24, 2.45) is 11.8 Å². The molecule has 2 unspecified atom stereocenters. The van der Waals surface area contributed by atoms with Gasteiger partial charge in [-0.1, -0.05) is 12.1 Å². The van der Waals surface area contributed by atoms with Gasteiger partial charge in [-0.05, 0) is 52.7 Å². The monoisotopic (exact) mass is 316 g/mol. The van der Waals surface area contributed by atoms with Gasteiger partial charge in [-0.15, -0.1) is 0 Å². The van der Waals surface area contributed by atoms with Gasteiger partial charge in [-0.25, -0.2) is 4.39 Å². The molecule has 1 heterocycles.